The first-order valence-corrected chi connectivity index (χ1v) is 7.01. The second-order valence-electron chi connectivity index (χ2n) is 5.49. The lowest BCUT2D eigenvalue weighted by atomic mass is 9.89. The predicted molar refractivity (Wildman–Crippen MR) is 75.8 cm³/mol. The van der Waals surface area contributed by atoms with Crippen LogP contribution in [-0.2, 0) is 11.2 Å². The molecular formula is C15H23N3O. The fraction of sp³-hybridized carbons (Fsp3) is 0.600. The molecule has 19 heavy (non-hydrogen) atoms. The molecular weight excluding hydrogens is 238 g/mol. The van der Waals surface area contributed by atoms with Crippen molar-refractivity contribution < 1.29 is 4.79 Å². The molecule has 1 aliphatic rings. The number of aromatic nitrogens is 1. The minimum atomic E-state index is -0.335. The zero-order valence-corrected chi connectivity index (χ0v) is 11.9. The van der Waals surface area contributed by atoms with Crippen LogP contribution in [0.3, 0.4) is 0 Å². The highest BCUT2D eigenvalue weighted by atomic mass is 16.2. The van der Waals surface area contributed by atoms with E-state index in [0.717, 1.165) is 44.3 Å². The van der Waals surface area contributed by atoms with E-state index in [1.165, 1.54) is 0 Å². The lowest BCUT2D eigenvalue weighted by Crippen LogP contribution is -2.53. The van der Waals surface area contributed by atoms with Gasteiger partial charge in [-0.25, -0.2) is 0 Å². The summed E-state index contributed by atoms with van der Waals surface area (Å²) in [5, 5.41) is 3.43. The number of nitrogens with one attached hydrogen (secondary N) is 1. The molecule has 0 unspecified atom stereocenters. The monoisotopic (exact) mass is 261 g/mol. The number of aryl methyl sites for hydroxylation is 1. The zero-order chi connectivity index (χ0) is 13.7. The Morgan fingerprint density at radius 3 is 2.89 bits per heavy atom. The number of likely N-dealkylation sites (N-methyl/N-ethyl adjacent to an activating group) is 1. The van der Waals surface area contributed by atoms with E-state index in [-0.39, 0.29) is 11.4 Å². The molecule has 1 N–H and O–H groups in total. The molecule has 0 bridgehead atoms. The number of carbonyl (C=O) groups is 1. The molecule has 1 fully saturated rings. The fourth-order valence-electron chi connectivity index (χ4n) is 2.85. The Bertz CT molecular complexity index is 411. The molecule has 1 amide bonds. The topological polar surface area (TPSA) is 45.2 Å². The third kappa shape index (κ3) is 3.32. The summed E-state index contributed by atoms with van der Waals surface area (Å²) in [6, 6.07) is 5.98. The van der Waals surface area contributed by atoms with Gasteiger partial charge in [-0.05, 0) is 50.8 Å². The Kier molecular flexibility index (Phi) is 4.53. The Hall–Kier alpha value is -1.42. The van der Waals surface area contributed by atoms with Gasteiger partial charge in [0.25, 0.3) is 0 Å². The van der Waals surface area contributed by atoms with Crippen LogP contribution in [0.2, 0.25) is 0 Å². The highest BCUT2D eigenvalue weighted by molar-refractivity contribution is 5.86. The molecule has 2 heterocycles. The van der Waals surface area contributed by atoms with E-state index in [1.807, 2.05) is 38.5 Å². The number of amides is 1. The van der Waals surface area contributed by atoms with Gasteiger partial charge in [0.2, 0.25) is 5.91 Å². The average Bonchev–Trinajstić information content (AvgIpc) is 2.89. The largest absolute Gasteiger partial charge is 0.347 e. The highest BCUT2D eigenvalue weighted by Gasteiger charge is 2.41. The summed E-state index contributed by atoms with van der Waals surface area (Å²) in [7, 11) is 3.67. The molecule has 2 rings (SSSR count). The number of hydrogen-bond acceptors (Lipinski definition) is 3. The Labute approximate surface area is 115 Å². The molecule has 0 saturated carbocycles. The number of rotatable bonds is 5. The van der Waals surface area contributed by atoms with Crippen molar-refractivity contribution in [1.29, 1.82) is 0 Å². The fourth-order valence-corrected chi connectivity index (χ4v) is 2.85. The standard InChI is InChI=1S/C15H23N3O/c1-18(2)14(19)15(10-6-12-17-15)9-5-8-13-7-3-4-11-16-13/h3-4,7,11,17H,5-6,8-10,12H2,1-2H3/t15-/m1/s1. The summed E-state index contributed by atoms with van der Waals surface area (Å²) in [6.45, 7) is 0.948. The van der Waals surface area contributed by atoms with Crippen LogP contribution in [0.4, 0.5) is 0 Å². The summed E-state index contributed by atoms with van der Waals surface area (Å²) in [6.07, 6.45) is 6.68. The summed E-state index contributed by atoms with van der Waals surface area (Å²) in [5.41, 5.74) is 0.770. The van der Waals surface area contributed by atoms with Gasteiger partial charge in [-0.1, -0.05) is 6.07 Å². The van der Waals surface area contributed by atoms with E-state index in [9.17, 15) is 4.79 Å². The van der Waals surface area contributed by atoms with Crippen LogP contribution in [0.15, 0.2) is 24.4 Å². The lowest BCUT2D eigenvalue weighted by molar-refractivity contribution is -0.135. The van der Waals surface area contributed by atoms with Crippen LogP contribution in [0.25, 0.3) is 0 Å². The first-order valence-electron chi connectivity index (χ1n) is 7.01. The van der Waals surface area contributed by atoms with Crippen molar-refractivity contribution in [2.45, 2.75) is 37.6 Å². The van der Waals surface area contributed by atoms with Gasteiger partial charge in [0.1, 0.15) is 0 Å². The molecule has 0 spiro atoms. The van der Waals surface area contributed by atoms with E-state index in [0.29, 0.717) is 0 Å². The first-order chi connectivity index (χ1) is 9.14. The van der Waals surface area contributed by atoms with E-state index in [4.69, 9.17) is 0 Å². The molecule has 0 aromatic carbocycles. The predicted octanol–water partition coefficient (Wildman–Crippen LogP) is 1.61. The third-order valence-corrected chi connectivity index (χ3v) is 3.82. The van der Waals surface area contributed by atoms with E-state index in [1.54, 1.807) is 4.90 Å². The maximum atomic E-state index is 12.4. The maximum Gasteiger partial charge on any atom is 0.242 e. The van der Waals surface area contributed by atoms with Gasteiger partial charge >= 0.3 is 0 Å². The van der Waals surface area contributed by atoms with Crippen LogP contribution >= 0.6 is 0 Å². The molecule has 0 aliphatic carbocycles. The highest BCUT2D eigenvalue weighted by Crippen LogP contribution is 2.27. The zero-order valence-electron chi connectivity index (χ0n) is 11.9. The minimum Gasteiger partial charge on any atom is -0.347 e. The van der Waals surface area contributed by atoms with Crippen molar-refractivity contribution >= 4 is 5.91 Å². The maximum absolute atomic E-state index is 12.4. The van der Waals surface area contributed by atoms with Crippen LogP contribution in [-0.4, -0.2) is 42.0 Å². The quantitative estimate of drug-likeness (QED) is 0.876. The molecule has 1 saturated heterocycles. The van der Waals surface area contributed by atoms with Gasteiger partial charge < -0.3 is 10.2 Å². The number of nitrogens with zero attached hydrogens (tertiary/aromatic N) is 2. The van der Waals surface area contributed by atoms with Crippen LogP contribution in [0.5, 0.6) is 0 Å². The van der Waals surface area contributed by atoms with Crippen molar-refractivity contribution in [3.63, 3.8) is 0 Å². The van der Waals surface area contributed by atoms with Gasteiger partial charge in [0, 0.05) is 26.0 Å². The molecule has 1 aliphatic heterocycles. The van der Waals surface area contributed by atoms with Crippen LogP contribution < -0.4 is 5.32 Å². The average molecular weight is 261 g/mol. The lowest BCUT2D eigenvalue weighted by Gasteiger charge is -2.31. The SMILES string of the molecule is CN(C)C(=O)[C@@]1(CCCc2ccccn2)CCCN1. The van der Waals surface area contributed by atoms with Crippen molar-refractivity contribution in [3.05, 3.63) is 30.1 Å². The molecule has 1 aromatic rings. The third-order valence-electron chi connectivity index (χ3n) is 3.82. The molecule has 4 nitrogen and oxygen atoms in total. The first kappa shape index (κ1) is 14.0. The summed E-state index contributed by atoms with van der Waals surface area (Å²) >= 11 is 0. The van der Waals surface area contributed by atoms with E-state index in [2.05, 4.69) is 10.3 Å². The van der Waals surface area contributed by atoms with Crippen molar-refractivity contribution in [2.24, 2.45) is 0 Å². The molecule has 1 atom stereocenters. The molecule has 4 heteroatoms. The molecule has 0 radical (unpaired) electrons. The number of hydrogen-bond donors (Lipinski definition) is 1. The van der Waals surface area contributed by atoms with Crippen molar-refractivity contribution in [2.75, 3.05) is 20.6 Å². The van der Waals surface area contributed by atoms with Gasteiger partial charge in [0.05, 0.1) is 5.54 Å². The van der Waals surface area contributed by atoms with Crippen LogP contribution in [0, 0.1) is 0 Å². The minimum absolute atomic E-state index is 0.214. The van der Waals surface area contributed by atoms with Gasteiger partial charge in [-0.2, -0.15) is 0 Å². The van der Waals surface area contributed by atoms with Crippen molar-refractivity contribution in [3.8, 4) is 0 Å². The second-order valence-corrected chi connectivity index (χ2v) is 5.49. The second kappa shape index (κ2) is 6.15. The Morgan fingerprint density at radius 1 is 1.47 bits per heavy atom. The smallest absolute Gasteiger partial charge is 0.242 e. The summed E-state index contributed by atoms with van der Waals surface area (Å²) < 4.78 is 0. The Morgan fingerprint density at radius 2 is 2.32 bits per heavy atom. The normalized spacial score (nSPS) is 22.4. The molecule has 104 valence electrons. The van der Waals surface area contributed by atoms with Crippen LogP contribution in [0.1, 0.15) is 31.4 Å². The molecule has 1 aromatic heterocycles. The van der Waals surface area contributed by atoms with Crippen molar-refractivity contribution in [1.82, 2.24) is 15.2 Å². The van der Waals surface area contributed by atoms with Gasteiger partial charge in [-0.3, -0.25) is 9.78 Å². The summed E-state index contributed by atoms with van der Waals surface area (Å²) in [5.74, 6) is 0.214. The van der Waals surface area contributed by atoms with E-state index < -0.39 is 0 Å². The van der Waals surface area contributed by atoms with Gasteiger partial charge in [-0.15, -0.1) is 0 Å². The van der Waals surface area contributed by atoms with E-state index >= 15 is 0 Å². The number of carbonyl (C=O) groups excluding carboxylic acids is 1. The summed E-state index contributed by atoms with van der Waals surface area (Å²) in [4.78, 5) is 18.4. The number of pyridine rings is 1. The Balaban J connectivity index is 1.93. The van der Waals surface area contributed by atoms with Gasteiger partial charge in [0.15, 0.2) is 0 Å².